The second-order valence-corrected chi connectivity index (χ2v) is 9.07. The van der Waals surface area contributed by atoms with Crippen molar-refractivity contribution in [2.45, 2.75) is 49.8 Å². The first-order valence-electron chi connectivity index (χ1n) is 9.53. The van der Waals surface area contributed by atoms with E-state index >= 15 is 0 Å². The zero-order chi connectivity index (χ0) is 18.4. The Morgan fingerprint density at radius 3 is 2.38 bits per heavy atom. The Morgan fingerprint density at radius 2 is 1.73 bits per heavy atom. The monoisotopic (exact) mass is 380 g/mol. The number of rotatable bonds is 6. The van der Waals surface area contributed by atoms with Crippen LogP contribution in [-0.4, -0.2) is 44.9 Å². The molecule has 6 nitrogen and oxygen atoms in total. The largest absolute Gasteiger partial charge is 0.379 e. The summed E-state index contributed by atoms with van der Waals surface area (Å²) in [5, 5.41) is 2.87. The average Bonchev–Trinajstić information content (AvgIpc) is 2.68. The van der Waals surface area contributed by atoms with Crippen LogP contribution in [0, 0.1) is 5.92 Å². The molecule has 3 rings (SSSR count). The van der Waals surface area contributed by atoms with Gasteiger partial charge < -0.3 is 10.1 Å². The highest BCUT2D eigenvalue weighted by atomic mass is 32.2. The number of sulfonamides is 1. The Hall–Kier alpha value is -1.44. The molecule has 1 aromatic rings. The third kappa shape index (κ3) is 5.05. The molecule has 2 aliphatic rings. The molecule has 0 radical (unpaired) electrons. The van der Waals surface area contributed by atoms with E-state index in [1.165, 1.54) is 36.4 Å². The standard InChI is InChI=1S/C19H28N2O4S/c22-19(11-6-16-4-2-1-3-5-16)20-17-7-9-18(10-8-17)26(23,24)21-12-14-25-15-13-21/h7-10,16H,1-6,11-15H2,(H,20,22). The number of hydrogen-bond donors (Lipinski definition) is 1. The Bertz CT molecular complexity index is 691. The number of benzene rings is 1. The second kappa shape index (κ2) is 8.97. The van der Waals surface area contributed by atoms with Crippen molar-refractivity contribution in [1.29, 1.82) is 0 Å². The summed E-state index contributed by atoms with van der Waals surface area (Å²) < 4.78 is 31.8. The van der Waals surface area contributed by atoms with Crippen LogP contribution in [0.15, 0.2) is 29.2 Å². The molecule has 144 valence electrons. The van der Waals surface area contributed by atoms with Crippen LogP contribution in [0.4, 0.5) is 5.69 Å². The fourth-order valence-corrected chi connectivity index (χ4v) is 5.09. The lowest BCUT2D eigenvalue weighted by Gasteiger charge is -2.26. The molecule has 0 aromatic heterocycles. The molecule has 1 saturated heterocycles. The van der Waals surface area contributed by atoms with Crippen molar-refractivity contribution in [3.8, 4) is 0 Å². The van der Waals surface area contributed by atoms with E-state index < -0.39 is 10.0 Å². The molecule has 2 fully saturated rings. The van der Waals surface area contributed by atoms with Gasteiger partial charge in [0.2, 0.25) is 15.9 Å². The van der Waals surface area contributed by atoms with Gasteiger partial charge in [0.25, 0.3) is 0 Å². The average molecular weight is 381 g/mol. The second-order valence-electron chi connectivity index (χ2n) is 7.13. The predicted molar refractivity (Wildman–Crippen MR) is 100 cm³/mol. The normalized spacial score (nSPS) is 20.0. The van der Waals surface area contributed by atoms with Gasteiger partial charge in [0, 0.05) is 25.2 Å². The van der Waals surface area contributed by atoms with Gasteiger partial charge in [0.05, 0.1) is 18.1 Å². The molecule has 1 saturated carbocycles. The minimum Gasteiger partial charge on any atom is -0.379 e. The Kier molecular flexibility index (Phi) is 6.67. The van der Waals surface area contributed by atoms with Crippen LogP contribution in [0.3, 0.4) is 0 Å². The minimum atomic E-state index is -3.49. The van der Waals surface area contributed by atoms with Crippen molar-refractivity contribution in [3.05, 3.63) is 24.3 Å². The number of anilines is 1. The van der Waals surface area contributed by atoms with Crippen molar-refractivity contribution >= 4 is 21.6 Å². The summed E-state index contributed by atoms with van der Waals surface area (Å²) in [6.45, 7) is 1.60. The molecule has 0 unspecified atom stereocenters. The van der Waals surface area contributed by atoms with Crippen LogP contribution in [0.25, 0.3) is 0 Å². The summed E-state index contributed by atoms with van der Waals surface area (Å²) in [6.07, 6.45) is 7.83. The van der Waals surface area contributed by atoms with Crippen LogP contribution in [-0.2, 0) is 19.6 Å². The van der Waals surface area contributed by atoms with E-state index in [1.54, 1.807) is 24.3 Å². The minimum absolute atomic E-state index is 0.000593. The molecule has 0 atom stereocenters. The lowest BCUT2D eigenvalue weighted by Crippen LogP contribution is -2.40. The molecule has 1 aliphatic heterocycles. The SMILES string of the molecule is O=C(CCC1CCCCC1)Nc1ccc(S(=O)(=O)N2CCOCC2)cc1. The molecule has 0 spiro atoms. The Balaban J connectivity index is 1.52. The number of carbonyl (C=O) groups excluding carboxylic acids is 1. The number of nitrogens with one attached hydrogen (secondary N) is 1. The molecular weight excluding hydrogens is 352 g/mol. The number of nitrogens with zero attached hydrogens (tertiary/aromatic N) is 1. The maximum Gasteiger partial charge on any atom is 0.243 e. The van der Waals surface area contributed by atoms with E-state index in [0.717, 1.165) is 6.42 Å². The van der Waals surface area contributed by atoms with Crippen LogP contribution < -0.4 is 5.32 Å². The summed E-state index contributed by atoms with van der Waals surface area (Å²) in [5.74, 6) is 0.676. The van der Waals surface area contributed by atoms with Crippen LogP contribution in [0.2, 0.25) is 0 Å². The summed E-state index contributed by atoms with van der Waals surface area (Å²) in [5.41, 5.74) is 0.638. The first-order valence-corrected chi connectivity index (χ1v) is 11.0. The number of hydrogen-bond acceptors (Lipinski definition) is 4. The number of morpholine rings is 1. The van der Waals surface area contributed by atoms with E-state index in [2.05, 4.69) is 5.32 Å². The number of amides is 1. The van der Waals surface area contributed by atoms with Gasteiger partial charge in [-0.25, -0.2) is 8.42 Å². The van der Waals surface area contributed by atoms with E-state index in [0.29, 0.717) is 44.3 Å². The fourth-order valence-electron chi connectivity index (χ4n) is 3.68. The zero-order valence-corrected chi connectivity index (χ0v) is 16.0. The van der Waals surface area contributed by atoms with Crippen molar-refractivity contribution in [1.82, 2.24) is 4.31 Å². The highest BCUT2D eigenvalue weighted by Crippen LogP contribution is 2.27. The molecule has 1 amide bonds. The van der Waals surface area contributed by atoms with Gasteiger partial charge in [-0.15, -0.1) is 0 Å². The predicted octanol–water partition coefficient (Wildman–Crippen LogP) is 3.01. The third-order valence-electron chi connectivity index (χ3n) is 5.25. The summed E-state index contributed by atoms with van der Waals surface area (Å²) >= 11 is 0. The molecule has 26 heavy (non-hydrogen) atoms. The van der Waals surface area contributed by atoms with Crippen molar-refractivity contribution in [2.24, 2.45) is 5.92 Å². The molecule has 1 heterocycles. The van der Waals surface area contributed by atoms with Crippen LogP contribution in [0.1, 0.15) is 44.9 Å². The lowest BCUT2D eigenvalue weighted by atomic mass is 9.86. The quantitative estimate of drug-likeness (QED) is 0.823. The number of ether oxygens (including phenoxy) is 1. The van der Waals surface area contributed by atoms with Gasteiger partial charge in [-0.2, -0.15) is 4.31 Å². The van der Waals surface area contributed by atoms with Gasteiger partial charge in [0.1, 0.15) is 0 Å². The van der Waals surface area contributed by atoms with E-state index in [-0.39, 0.29) is 10.8 Å². The van der Waals surface area contributed by atoms with Crippen molar-refractivity contribution < 1.29 is 17.9 Å². The van der Waals surface area contributed by atoms with E-state index in [1.807, 2.05) is 0 Å². The molecule has 1 aromatic carbocycles. The topological polar surface area (TPSA) is 75.7 Å². The van der Waals surface area contributed by atoms with Gasteiger partial charge in [-0.3, -0.25) is 4.79 Å². The summed E-state index contributed by atoms with van der Waals surface area (Å²) in [7, 11) is -3.49. The maximum absolute atomic E-state index is 12.6. The van der Waals surface area contributed by atoms with Crippen LogP contribution in [0.5, 0.6) is 0 Å². The fraction of sp³-hybridized carbons (Fsp3) is 0.632. The zero-order valence-electron chi connectivity index (χ0n) is 15.2. The van der Waals surface area contributed by atoms with Gasteiger partial charge >= 0.3 is 0 Å². The summed E-state index contributed by atoms with van der Waals surface area (Å²) in [6, 6.07) is 6.43. The smallest absolute Gasteiger partial charge is 0.243 e. The molecule has 1 N–H and O–H groups in total. The Labute approximate surface area is 156 Å². The lowest BCUT2D eigenvalue weighted by molar-refractivity contribution is -0.116. The Morgan fingerprint density at radius 1 is 1.08 bits per heavy atom. The number of carbonyl (C=O) groups is 1. The van der Waals surface area contributed by atoms with Gasteiger partial charge in [-0.1, -0.05) is 32.1 Å². The van der Waals surface area contributed by atoms with E-state index in [4.69, 9.17) is 4.74 Å². The highest BCUT2D eigenvalue weighted by molar-refractivity contribution is 7.89. The first kappa shape index (κ1) is 19.3. The third-order valence-corrected chi connectivity index (χ3v) is 7.16. The van der Waals surface area contributed by atoms with Gasteiger partial charge in [0.15, 0.2) is 0 Å². The maximum atomic E-state index is 12.6. The van der Waals surface area contributed by atoms with Crippen LogP contribution >= 0.6 is 0 Å². The first-order chi connectivity index (χ1) is 12.6. The molecule has 1 aliphatic carbocycles. The van der Waals surface area contributed by atoms with Crippen molar-refractivity contribution in [2.75, 3.05) is 31.6 Å². The van der Waals surface area contributed by atoms with Gasteiger partial charge in [-0.05, 0) is 36.6 Å². The highest BCUT2D eigenvalue weighted by Gasteiger charge is 2.26. The van der Waals surface area contributed by atoms with E-state index in [9.17, 15) is 13.2 Å². The van der Waals surface area contributed by atoms with Crippen molar-refractivity contribution in [3.63, 3.8) is 0 Å². The summed E-state index contributed by atoms with van der Waals surface area (Å²) in [4.78, 5) is 12.4. The molecular formula is C19H28N2O4S. The molecule has 0 bridgehead atoms. The molecule has 7 heteroatoms.